The first kappa shape index (κ1) is 19.6. The maximum atomic E-state index is 12.9. The van der Waals surface area contributed by atoms with Crippen molar-refractivity contribution in [2.75, 3.05) is 7.11 Å². The van der Waals surface area contributed by atoms with Crippen LogP contribution in [0.1, 0.15) is 22.9 Å². The Morgan fingerprint density at radius 2 is 1.80 bits per heavy atom. The number of aromatic nitrogens is 3. The number of pyridine rings is 1. The number of carbonyl (C=O) groups is 1. The Bertz CT molecular complexity index is 1140. The Morgan fingerprint density at radius 3 is 2.53 bits per heavy atom. The second-order valence-electron chi connectivity index (χ2n) is 7.22. The van der Waals surface area contributed by atoms with E-state index in [0.717, 1.165) is 33.6 Å². The number of amides is 1. The van der Waals surface area contributed by atoms with Crippen molar-refractivity contribution in [2.24, 2.45) is 7.05 Å². The van der Waals surface area contributed by atoms with Gasteiger partial charge in [-0.3, -0.25) is 9.48 Å². The average Bonchev–Trinajstić information content (AvgIpc) is 3.11. The zero-order valence-electron chi connectivity index (χ0n) is 17.1. The van der Waals surface area contributed by atoms with E-state index in [9.17, 15) is 4.79 Å². The molecule has 0 aliphatic heterocycles. The number of methoxy groups -OCH3 is 1. The molecule has 1 unspecified atom stereocenters. The van der Waals surface area contributed by atoms with Crippen molar-refractivity contribution in [3.05, 3.63) is 89.7 Å². The van der Waals surface area contributed by atoms with Crippen LogP contribution in [0.4, 0.5) is 0 Å². The minimum Gasteiger partial charge on any atom is -0.497 e. The maximum absolute atomic E-state index is 12.9. The summed E-state index contributed by atoms with van der Waals surface area (Å²) < 4.78 is 6.95. The number of hydrogen-bond donors (Lipinski definition) is 1. The molecule has 0 saturated carbocycles. The summed E-state index contributed by atoms with van der Waals surface area (Å²) in [5.74, 6) is 0.720. The van der Waals surface area contributed by atoms with Gasteiger partial charge in [0.05, 0.1) is 25.3 Å². The Morgan fingerprint density at radius 1 is 1.03 bits per heavy atom. The van der Waals surface area contributed by atoms with E-state index in [2.05, 4.69) is 22.4 Å². The predicted molar refractivity (Wildman–Crippen MR) is 116 cm³/mol. The van der Waals surface area contributed by atoms with Crippen LogP contribution in [0, 0.1) is 0 Å². The minimum absolute atomic E-state index is 0.0520. The average molecular weight is 400 g/mol. The van der Waals surface area contributed by atoms with E-state index in [1.807, 2.05) is 61.6 Å². The Labute approximate surface area is 175 Å². The molecule has 0 bridgehead atoms. The van der Waals surface area contributed by atoms with Gasteiger partial charge in [0, 0.05) is 18.6 Å². The number of nitrogens with zero attached hydrogens (tertiary/aromatic N) is 3. The second-order valence-corrected chi connectivity index (χ2v) is 7.22. The van der Waals surface area contributed by atoms with Gasteiger partial charge in [0.2, 0.25) is 5.91 Å². The zero-order chi connectivity index (χ0) is 20.9. The van der Waals surface area contributed by atoms with Gasteiger partial charge in [0.25, 0.3) is 0 Å². The summed E-state index contributed by atoms with van der Waals surface area (Å²) in [6.07, 6.45) is 2.69. The highest BCUT2D eigenvalue weighted by atomic mass is 16.5. The number of rotatable bonds is 7. The van der Waals surface area contributed by atoms with Gasteiger partial charge < -0.3 is 10.1 Å². The van der Waals surface area contributed by atoms with Crippen molar-refractivity contribution in [2.45, 2.75) is 18.9 Å². The summed E-state index contributed by atoms with van der Waals surface area (Å²) in [5.41, 5.74) is 3.69. The molecule has 30 heavy (non-hydrogen) atoms. The summed E-state index contributed by atoms with van der Waals surface area (Å²) >= 11 is 0. The number of aryl methyl sites for hydroxylation is 1. The molecule has 4 aromatic rings. The van der Waals surface area contributed by atoms with Gasteiger partial charge in [-0.15, -0.1) is 0 Å². The molecule has 1 amide bonds. The first-order chi connectivity index (χ1) is 14.6. The molecular formula is C24H24N4O2. The topological polar surface area (TPSA) is 69.0 Å². The fourth-order valence-corrected chi connectivity index (χ4v) is 3.62. The lowest BCUT2D eigenvalue weighted by Crippen LogP contribution is -2.31. The smallest absolute Gasteiger partial charge is 0.224 e. The van der Waals surface area contributed by atoms with E-state index in [1.54, 1.807) is 18.0 Å². The molecule has 0 aliphatic rings. The zero-order valence-corrected chi connectivity index (χ0v) is 17.1. The lowest BCUT2D eigenvalue weighted by Gasteiger charge is -2.18. The number of ether oxygens (including phenoxy) is 1. The number of benzene rings is 2. The molecular weight excluding hydrogens is 376 g/mol. The van der Waals surface area contributed by atoms with Crippen molar-refractivity contribution in [3.63, 3.8) is 0 Å². The van der Waals surface area contributed by atoms with Crippen LogP contribution < -0.4 is 10.1 Å². The van der Waals surface area contributed by atoms with Crippen molar-refractivity contribution in [1.29, 1.82) is 0 Å². The summed E-state index contributed by atoms with van der Waals surface area (Å²) in [6, 6.07) is 21.3. The van der Waals surface area contributed by atoms with E-state index in [0.29, 0.717) is 6.42 Å². The van der Waals surface area contributed by atoms with Crippen LogP contribution in [0.15, 0.2) is 72.9 Å². The van der Waals surface area contributed by atoms with Gasteiger partial charge in [-0.1, -0.05) is 42.5 Å². The molecule has 1 atom stereocenters. The van der Waals surface area contributed by atoms with Crippen LogP contribution >= 0.6 is 0 Å². The second kappa shape index (κ2) is 8.78. The summed E-state index contributed by atoms with van der Waals surface area (Å²) in [7, 11) is 3.50. The van der Waals surface area contributed by atoms with Crippen molar-refractivity contribution in [3.8, 4) is 5.75 Å². The number of carbonyl (C=O) groups excluding carboxylic acids is 1. The van der Waals surface area contributed by atoms with Gasteiger partial charge in [0.1, 0.15) is 5.75 Å². The fraction of sp³-hybridized carbons (Fsp3) is 0.208. The fourth-order valence-electron chi connectivity index (χ4n) is 3.62. The maximum Gasteiger partial charge on any atom is 0.224 e. The van der Waals surface area contributed by atoms with E-state index in [1.165, 1.54) is 0 Å². The van der Waals surface area contributed by atoms with E-state index < -0.39 is 0 Å². The summed E-state index contributed by atoms with van der Waals surface area (Å²) in [4.78, 5) is 17.3. The molecule has 2 aromatic carbocycles. The monoisotopic (exact) mass is 400 g/mol. The largest absolute Gasteiger partial charge is 0.497 e. The molecule has 0 saturated heterocycles. The third kappa shape index (κ3) is 4.33. The molecule has 1 N–H and O–H groups in total. The molecule has 0 radical (unpaired) electrons. The van der Waals surface area contributed by atoms with Crippen LogP contribution in [-0.2, 0) is 24.7 Å². The molecule has 152 valence electrons. The molecule has 4 rings (SSSR count). The first-order valence-corrected chi connectivity index (χ1v) is 9.88. The highest BCUT2D eigenvalue weighted by Crippen LogP contribution is 2.25. The van der Waals surface area contributed by atoms with Crippen molar-refractivity contribution >= 4 is 16.9 Å². The molecule has 6 nitrogen and oxygen atoms in total. The Kier molecular flexibility index (Phi) is 5.75. The first-order valence-electron chi connectivity index (χ1n) is 9.88. The van der Waals surface area contributed by atoms with Gasteiger partial charge >= 0.3 is 0 Å². The number of nitrogens with one attached hydrogen (secondary N) is 1. The molecule has 2 aromatic heterocycles. The summed E-state index contributed by atoms with van der Waals surface area (Å²) in [6.45, 7) is 0. The summed E-state index contributed by atoms with van der Waals surface area (Å²) in [5, 5.41) is 8.83. The van der Waals surface area contributed by atoms with Crippen LogP contribution in [0.5, 0.6) is 5.75 Å². The Balaban J connectivity index is 1.60. The van der Waals surface area contributed by atoms with Gasteiger partial charge in [-0.25, -0.2) is 4.98 Å². The van der Waals surface area contributed by atoms with Crippen molar-refractivity contribution in [1.82, 2.24) is 20.1 Å². The normalized spacial score (nSPS) is 11.9. The predicted octanol–water partition coefficient (Wildman–Crippen LogP) is 3.62. The highest BCUT2D eigenvalue weighted by molar-refractivity contribution is 5.82. The number of fused-ring (bicyclic) bond motifs is 1. The third-order valence-corrected chi connectivity index (χ3v) is 5.10. The van der Waals surface area contributed by atoms with E-state index >= 15 is 0 Å². The lowest BCUT2D eigenvalue weighted by molar-refractivity contribution is -0.121. The molecule has 6 heteroatoms. The van der Waals surface area contributed by atoms with E-state index in [4.69, 9.17) is 9.84 Å². The van der Waals surface area contributed by atoms with Gasteiger partial charge in [0.15, 0.2) is 5.65 Å². The highest BCUT2D eigenvalue weighted by Gasteiger charge is 2.22. The molecule has 2 heterocycles. The number of hydrogen-bond acceptors (Lipinski definition) is 4. The van der Waals surface area contributed by atoms with Crippen LogP contribution in [0.3, 0.4) is 0 Å². The Hall–Kier alpha value is -3.67. The molecule has 0 fully saturated rings. The van der Waals surface area contributed by atoms with Gasteiger partial charge in [-0.2, -0.15) is 5.10 Å². The third-order valence-electron chi connectivity index (χ3n) is 5.10. The van der Waals surface area contributed by atoms with Crippen molar-refractivity contribution < 1.29 is 9.53 Å². The quantitative estimate of drug-likeness (QED) is 0.514. The standard InChI is InChI=1S/C24H24N4O2/c1-28-24-20(9-6-14-25-24)23(27-28)21(15-17-7-4-3-5-8-17)26-22(29)16-18-10-12-19(30-2)13-11-18/h3-14,21H,15-16H2,1-2H3,(H,26,29). The lowest BCUT2D eigenvalue weighted by atomic mass is 10.0. The van der Waals surface area contributed by atoms with E-state index in [-0.39, 0.29) is 18.4 Å². The molecule has 0 spiro atoms. The minimum atomic E-state index is -0.258. The van der Waals surface area contributed by atoms with Crippen LogP contribution in [0.25, 0.3) is 11.0 Å². The molecule has 0 aliphatic carbocycles. The van der Waals surface area contributed by atoms with Crippen LogP contribution in [0.2, 0.25) is 0 Å². The SMILES string of the molecule is COc1ccc(CC(=O)NC(Cc2ccccc2)c2nn(C)c3ncccc23)cc1. The van der Waals surface area contributed by atoms with Gasteiger partial charge in [-0.05, 0) is 41.8 Å². The van der Waals surface area contributed by atoms with Crippen LogP contribution in [-0.4, -0.2) is 27.8 Å².